The molecule has 0 fully saturated rings. The molecule has 0 spiro atoms. The van der Waals surface area contributed by atoms with Crippen molar-refractivity contribution in [1.29, 1.82) is 0 Å². The van der Waals surface area contributed by atoms with Gasteiger partial charge in [-0.2, -0.15) is 8.42 Å². The van der Waals surface area contributed by atoms with Crippen LogP contribution in [0, 0.1) is 0 Å². The summed E-state index contributed by atoms with van der Waals surface area (Å²) >= 11 is 0. The summed E-state index contributed by atoms with van der Waals surface area (Å²) in [5, 5.41) is 0.465. The van der Waals surface area contributed by atoms with Crippen LogP contribution in [0.15, 0.2) is 48.9 Å². The van der Waals surface area contributed by atoms with Gasteiger partial charge in [-0.1, -0.05) is 49.6 Å². The molecule has 0 aliphatic carbocycles. The molecule has 1 N–H and O–H groups in total. The van der Waals surface area contributed by atoms with Crippen molar-refractivity contribution in [3.8, 4) is 0 Å². The molecule has 0 saturated heterocycles. The van der Waals surface area contributed by atoms with Crippen molar-refractivity contribution < 1.29 is 13.0 Å². The summed E-state index contributed by atoms with van der Waals surface area (Å²) in [5.41, 5.74) is 1.17. The molecule has 3 nitrogen and oxygen atoms in total. The van der Waals surface area contributed by atoms with Crippen LogP contribution >= 0.6 is 0 Å². The normalized spacial score (nSPS) is 9.50. The van der Waals surface area contributed by atoms with Gasteiger partial charge in [-0.15, -0.1) is 0 Å². The largest absolute Gasteiger partial charge is 0.287 e. The van der Waals surface area contributed by atoms with Crippen molar-refractivity contribution in [2.45, 2.75) is 0 Å². The SMILES string of the molecule is C=CS(=O)(=O)O.C=Cc1ccccc1. The Balaban J connectivity index is 0.000000255. The van der Waals surface area contributed by atoms with Gasteiger partial charge in [0.1, 0.15) is 0 Å². The Morgan fingerprint density at radius 1 is 1.14 bits per heavy atom. The van der Waals surface area contributed by atoms with Gasteiger partial charge in [0.2, 0.25) is 0 Å². The predicted octanol–water partition coefficient (Wildman–Crippen LogP) is 2.35. The summed E-state index contributed by atoms with van der Waals surface area (Å²) in [7, 11) is -3.90. The van der Waals surface area contributed by atoms with Crippen LogP contribution in [0.4, 0.5) is 0 Å². The molecule has 1 aromatic rings. The molecule has 0 atom stereocenters. The lowest BCUT2D eigenvalue weighted by Crippen LogP contribution is -1.86. The molecule has 4 heteroatoms. The third kappa shape index (κ3) is 7.27. The zero-order valence-corrected chi connectivity index (χ0v) is 8.44. The van der Waals surface area contributed by atoms with E-state index >= 15 is 0 Å². The molecule has 0 bridgehead atoms. The highest BCUT2D eigenvalue weighted by atomic mass is 32.2. The van der Waals surface area contributed by atoms with Crippen LogP contribution < -0.4 is 0 Å². The first-order valence-electron chi connectivity index (χ1n) is 3.77. The minimum atomic E-state index is -3.90. The van der Waals surface area contributed by atoms with E-state index in [1.807, 2.05) is 36.4 Å². The van der Waals surface area contributed by atoms with E-state index in [0.29, 0.717) is 5.41 Å². The summed E-state index contributed by atoms with van der Waals surface area (Å²) in [6.45, 7) is 6.42. The van der Waals surface area contributed by atoms with Gasteiger partial charge in [0.15, 0.2) is 0 Å². The van der Waals surface area contributed by atoms with Gasteiger partial charge >= 0.3 is 0 Å². The first-order valence-corrected chi connectivity index (χ1v) is 5.27. The van der Waals surface area contributed by atoms with E-state index in [0.717, 1.165) is 0 Å². The fourth-order valence-corrected chi connectivity index (χ4v) is 0.589. The quantitative estimate of drug-likeness (QED) is 0.765. The van der Waals surface area contributed by atoms with E-state index in [-0.39, 0.29) is 0 Å². The van der Waals surface area contributed by atoms with Gasteiger partial charge in [-0.05, 0) is 5.56 Å². The maximum absolute atomic E-state index is 9.44. The zero-order chi connectivity index (χ0) is 11.0. The first-order chi connectivity index (χ1) is 6.49. The second-order valence-corrected chi connectivity index (χ2v) is 3.66. The average molecular weight is 212 g/mol. The first kappa shape index (κ1) is 12.6. The maximum Gasteiger partial charge on any atom is 0.287 e. The van der Waals surface area contributed by atoms with Crippen LogP contribution in [-0.2, 0) is 10.1 Å². The maximum atomic E-state index is 9.44. The summed E-state index contributed by atoms with van der Waals surface area (Å²) < 4.78 is 26.6. The van der Waals surface area contributed by atoms with Crippen molar-refractivity contribution in [2.75, 3.05) is 0 Å². The molecular formula is C10H12O3S. The minimum absolute atomic E-state index is 0.465. The summed E-state index contributed by atoms with van der Waals surface area (Å²) in [6, 6.07) is 10.0. The molecule has 14 heavy (non-hydrogen) atoms. The van der Waals surface area contributed by atoms with Crippen LogP contribution in [0.5, 0.6) is 0 Å². The topological polar surface area (TPSA) is 54.4 Å². The Hall–Kier alpha value is -1.39. The Labute approximate surface area is 84.1 Å². The Bertz CT molecular complexity index is 367. The molecular weight excluding hydrogens is 200 g/mol. The van der Waals surface area contributed by atoms with Gasteiger partial charge in [0.05, 0.1) is 5.41 Å². The van der Waals surface area contributed by atoms with E-state index in [2.05, 4.69) is 13.2 Å². The predicted molar refractivity (Wildman–Crippen MR) is 58.3 cm³/mol. The van der Waals surface area contributed by atoms with Gasteiger partial charge < -0.3 is 0 Å². The number of benzene rings is 1. The van der Waals surface area contributed by atoms with Crippen molar-refractivity contribution >= 4 is 16.2 Å². The summed E-state index contributed by atoms with van der Waals surface area (Å²) in [4.78, 5) is 0. The average Bonchev–Trinajstić information content (AvgIpc) is 2.19. The molecule has 0 aromatic heterocycles. The van der Waals surface area contributed by atoms with Crippen molar-refractivity contribution in [3.63, 3.8) is 0 Å². The van der Waals surface area contributed by atoms with Crippen LogP contribution in [0.25, 0.3) is 6.08 Å². The van der Waals surface area contributed by atoms with Crippen molar-refractivity contribution in [1.82, 2.24) is 0 Å². The van der Waals surface area contributed by atoms with Crippen molar-refractivity contribution in [2.24, 2.45) is 0 Å². The van der Waals surface area contributed by atoms with Crippen LogP contribution in [0.3, 0.4) is 0 Å². The van der Waals surface area contributed by atoms with E-state index < -0.39 is 10.1 Å². The molecule has 1 aromatic carbocycles. The highest BCUT2D eigenvalue weighted by Gasteiger charge is 1.87. The van der Waals surface area contributed by atoms with E-state index in [9.17, 15) is 8.42 Å². The smallest absolute Gasteiger partial charge is 0.282 e. The summed E-state index contributed by atoms with van der Waals surface area (Å²) in [5.74, 6) is 0. The van der Waals surface area contributed by atoms with Gasteiger partial charge in [-0.3, -0.25) is 4.55 Å². The highest BCUT2D eigenvalue weighted by molar-refractivity contribution is 7.88. The fourth-order valence-electron chi connectivity index (χ4n) is 0.589. The Morgan fingerprint density at radius 2 is 1.57 bits per heavy atom. The number of rotatable bonds is 2. The molecule has 1 rings (SSSR count). The second-order valence-electron chi connectivity index (χ2n) is 2.30. The van der Waals surface area contributed by atoms with Crippen LogP contribution in [0.2, 0.25) is 0 Å². The van der Waals surface area contributed by atoms with Crippen molar-refractivity contribution in [3.05, 3.63) is 54.5 Å². The Morgan fingerprint density at radius 3 is 1.79 bits per heavy atom. The monoisotopic (exact) mass is 212 g/mol. The number of hydrogen-bond donors (Lipinski definition) is 1. The molecule has 0 radical (unpaired) electrons. The highest BCUT2D eigenvalue weighted by Crippen LogP contribution is 1.97. The van der Waals surface area contributed by atoms with E-state index in [4.69, 9.17) is 4.55 Å². The molecule has 0 unspecified atom stereocenters. The second kappa shape index (κ2) is 6.12. The van der Waals surface area contributed by atoms with E-state index in [1.165, 1.54) is 5.56 Å². The van der Waals surface area contributed by atoms with Crippen LogP contribution in [0.1, 0.15) is 5.56 Å². The lowest BCUT2D eigenvalue weighted by atomic mass is 10.2. The Kier molecular flexibility index (Phi) is 5.52. The number of hydrogen-bond acceptors (Lipinski definition) is 2. The lowest BCUT2D eigenvalue weighted by Gasteiger charge is -1.85. The standard InChI is InChI=1S/C8H8.C2H4O3S/c1-2-8-6-4-3-5-7-8;1-2-6(3,4)5/h2-7H,1H2;2H,1H2,(H,3,4,5). The third-order valence-electron chi connectivity index (χ3n) is 1.25. The molecule has 0 amide bonds. The molecule has 0 aliphatic heterocycles. The van der Waals surface area contributed by atoms with Gasteiger partial charge in [0.25, 0.3) is 10.1 Å². The fraction of sp³-hybridized carbons (Fsp3) is 0. The zero-order valence-electron chi connectivity index (χ0n) is 7.63. The van der Waals surface area contributed by atoms with Gasteiger partial charge in [-0.25, -0.2) is 0 Å². The molecule has 0 saturated carbocycles. The third-order valence-corrected chi connectivity index (χ3v) is 1.67. The molecule has 76 valence electrons. The molecule has 0 heterocycles. The summed E-state index contributed by atoms with van der Waals surface area (Å²) in [6.07, 6.45) is 1.83. The lowest BCUT2D eigenvalue weighted by molar-refractivity contribution is 0.494. The molecule has 0 aliphatic rings. The van der Waals surface area contributed by atoms with Crippen LogP contribution in [-0.4, -0.2) is 13.0 Å². The van der Waals surface area contributed by atoms with E-state index in [1.54, 1.807) is 0 Å². The minimum Gasteiger partial charge on any atom is -0.282 e. The van der Waals surface area contributed by atoms with Gasteiger partial charge in [0, 0.05) is 0 Å².